The van der Waals surface area contributed by atoms with Crippen LogP contribution in [0.15, 0.2) is 17.6 Å². The van der Waals surface area contributed by atoms with Crippen LogP contribution < -0.4 is 5.73 Å². The zero-order valence-corrected chi connectivity index (χ0v) is 8.08. The summed E-state index contributed by atoms with van der Waals surface area (Å²) in [6, 6.07) is 2.05. The van der Waals surface area contributed by atoms with Crippen LogP contribution in [-0.4, -0.2) is 15.0 Å². The summed E-state index contributed by atoms with van der Waals surface area (Å²) in [5, 5.41) is 9.93. The largest absolute Gasteiger partial charge is 0.326 e. The number of hydrogen-bond acceptors (Lipinski definition) is 4. The lowest BCUT2D eigenvalue weighted by Crippen LogP contribution is -1.91. The van der Waals surface area contributed by atoms with Crippen molar-refractivity contribution in [1.29, 1.82) is 0 Å². The summed E-state index contributed by atoms with van der Waals surface area (Å²) in [7, 11) is 1.85. The summed E-state index contributed by atoms with van der Waals surface area (Å²) in [5.41, 5.74) is 7.51. The minimum atomic E-state index is 0.588. The van der Waals surface area contributed by atoms with Crippen LogP contribution in [0.5, 0.6) is 0 Å². The van der Waals surface area contributed by atoms with E-state index >= 15 is 0 Å². The second kappa shape index (κ2) is 3.27. The first kappa shape index (κ1) is 8.40. The van der Waals surface area contributed by atoms with Crippen molar-refractivity contribution in [2.45, 2.75) is 6.54 Å². The van der Waals surface area contributed by atoms with Crippen LogP contribution in [0.2, 0.25) is 0 Å². The molecule has 0 fully saturated rings. The molecule has 0 radical (unpaired) electrons. The van der Waals surface area contributed by atoms with E-state index in [-0.39, 0.29) is 0 Å². The third-order valence-electron chi connectivity index (χ3n) is 1.75. The quantitative estimate of drug-likeness (QED) is 0.776. The number of hydrogen-bond donors (Lipinski definition) is 1. The van der Waals surface area contributed by atoms with Gasteiger partial charge in [-0.2, -0.15) is 0 Å². The van der Waals surface area contributed by atoms with Gasteiger partial charge in [0.25, 0.3) is 0 Å². The summed E-state index contributed by atoms with van der Waals surface area (Å²) < 4.78 is 1.69. The van der Waals surface area contributed by atoms with Crippen molar-refractivity contribution in [2.24, 2.45) is 12.8 Å². The molecule has 0 aliphatic rings. The number of aromatic nitrogens is 3. The Kier molecular flexibility index (Phi) is 2.12. The molecule has 0 aromatic carbocycles. The monoisotopic (exact) mass is 194 g/mol. The second-order valence-electron chi connectivity index (χ2n) is 2.78. The Labute approximate surface area is 80.0 Å². The molecule has 13 heavy (non-hydrogen) atoms. The van der Waals surface area contributed by atoms with E-state index in [1.54, 1.807) is 16.0 Å². The van der Waals surface area contributed by atoms with Crippen LogP contribution in [0, 0.1) is 0 Å². The average Bonchev–Trinajstić information content (AvgIpc) is 2.71. The van der Waals surface area contributed by atoms with Gasteiger partial charge in [-0.3, -0.25) is 4.68 Å². The molecule has 0 aliphatic heterocycles. The highest BCUT2D eigenvalue weighted by atomic mass is 32.1. The van der Waals surface area contributed by atoms with E-state index in [0.717, 1.165) is 11.3 Å². The molecule has 0 saturated heterocycles. The Hall–Kier alpha value is -1.20. The maximum absolute atomic E-state index is 5.52. The van der Waals surface area contributed by atoms with Gasteiger partial charge in [-0.15, -0.1) is 16.4 Å². The molecule has 2 aromatic heterocycles. The van der Waals surface area contributed by atoms with Gasteiger partial charge in [-0.05, 0) is 6.07 Å². The molecule has 0 saturated carbocycles. The Balaban J connectivity index is 2.35. The summed E-state index contributed by atoms with van der Waals surface area (Å²) in [4.78, 5) is 1.17. The van der Waals surface area contributed by atoms with Crippen molar-refractivity contribution >= 4 is 11.3 Å². The summed E-state index contributed by atoms with van der Waals surface area (Å²) in [5.74, 6) is 0. The first-order valence-electron chi connectivity index (χ1n) is 3.94. The average molecular weight is 194 g/mol. The molecule has 2 N–H and O–H groups in total. The fourth-order valence-electron chi connectivity index (χ4n) is 1.10. The zero-order chi connectivity index (χ0) is 9.26. The van der Waals surface area contributed by atoms with Crippen LogP contribution in [0.4, 0.5) is 0 Å². The van der Waals surface area contributed by atoms with Crippen molar-refractivity contribution in [3.05, 3.63) is 22.5 Å². The van der Waals surface area contributed by atoms with Crippen molar-refractivity contribution in [3.8, 4) is 11.3 Å². The third-order valence-corrected chi connectivity index (χ3v) is 2.71. The van der Waals surface area contributed by atoms with Crippen LogP contribution >= 0.6 is 11.3 Å². The highest BCUT2D eigenvalue weighted by Crippen LogP contribution is 2.22. The van der Waals surface area contributed by atoms with Gasteiger partial charge in [0.2, 0.25) is 0 Å². The van der Waals surface area contributed by atoms with Crippen LogP contribution in [-0.2, 0) is 13.6 Å². The lowest BCUT2D eigenvalue weighted by molar-refractivity contribution is 0.715. The highest BCUT2D eigenvalue weighted by molar-refractivity contribution is 7.10. The highest BCUT2D eigenvalue weighted by Gasteiger charge is 2.04. The first-order valence-corrected chi connectivity index (χ1v) is 4.82. The van der Waals surface area contributed by atoms with Gasteiger partial charge < -0.3 is 5.73 Å². The predicted molar refractivity (Wildman–Crippen MR) is 52.2 cm³/mol. The smallest absolute Gasteiger partial charge is 0.113 e. The van der Waals surface area contributed by atoms with Gasteiger partial charge in [0, 0.05) is 29.4 Å². The third kappa shape index (κ3) is 1.61. The fraction of sp³-hybridized carbons (Fsp3) is 0.250. The van der Waals surface area contributed by atoms with Gasteiger partial charge in [0.15, 0.2) is 0 Å². The lowest BCUT2D eigenvalue weighted by atomic mass is 10.2. The number of aryl methyl sites for hydroxylation is 1. The Morgan fingerprint density at radius 2 is 2.46 bits per heavy atom. The predicted octanol–water partition coefficient (Wildman–Crippen LogP) is 1.00. The Morgan fingerprint density at radius 3 is 3.00 bits per heavy atom. The minimum Gasteiger partial charge on any atom is -0.326 e. The molecule has 0 amide bonds. The van der Waals surface area contributed by atoms with Crippen LogP contribution in [0.3, 0.4) is 0 Å². The first-order chi connectivity index (χ1) is 6.29. The van der Waals surface area contributed by atoms with Crippen molar-refractivity contribution in [3.63, 3.8) is 0 Å². The summed E-state index contributed by atoms with van der Waals surface area (Å²) in [6.45, 7) is 0.588. The molecular weight excluding hydrogens is 184 g/mol. The topological polar surface area (TPSA) is 56.7 Å². The number of nitrogens with zero attached hydrogens (tertiary/aromatic N) is 3. The normalized spacial score (nSPS) is 10.6. The molecule has 2 rings (SSSR count). The van der Waals surface area contributed by atoms with Gasteiger partial charge in [-0.25, -0.2) is 0 Å². The Morgan fingerprint density at radius 1 is 1.62 bits per heavy atom. The van der Waals surface area contributed by atoms with Gasteiger partial charge in [-0.1, -0.05) is 5.21 Å². The lowest BCUT2D eigenvalue weighted by Gasteiger charge is -1.86. The molecule has 0 atom stereocenters. The van der Waals surface area contributed by atoms with E-state index in [4.69, 9.17) is 5.73 Å². The van der Waals surface area contributed by atoms with E-state index in [9.17, 15) is 0 Å². The van der Waals surface area contributed by atoms with Crippen molar-refractivity contribution in [2.75, 3.05) is 0 Å². The van der Waals surface area contributed by atoms with E-state index in [1.165, 1.54) is 4.88 Å². The van der Waals surface area contributed by atoms with Crippen LogP contribution in [0.1, 0.15) is 4.88 Å². The fourth-order valence-corrected chi connectivity index (χ4v) is 1.86. The molecule has 68 valence electrons. The maximum atomic E-state index is 5.52. The van der Waals surface area contributed by atoms with Gasteiger partial charge >= 0.3 is 0 Å². The molecule has 0 bridgehead atoms. The van der Waals surface area contributed by atoms with Gasteiger partial charge in [0.1, 0.15) is 5.69 Å². The molecule has 0 spiro atoms. The minimum absolute atomic E-state index is 0.588. The zero-order valence-electron chi connectivity index (χ0n) is 7.27. The Bertz CT molecular complexity index is 404. The van der Waals surface area contributed by atoms with E-state index < -0.39 is 0 Å². The molecule has 5 heteroatoms. The second-order valence-corrected chi connectivity index (χ2v) is 3.78. The number of nitrogens with two attached hydrogens (primary N) is 1. The van der Waals surface area contributed by atoms with E-state index in [1.807, 2.05) is 18.6 Å². The van der Waals surface area contributed by atoms with Gasteiger partial charge in [0.05, 0.1) is 6.20 Å². The van der Waals surface area contributed by atoms with Crippen LogP contribution in [0.25, 0.3) is 11.3 Å². The van der Waals surface area contributed by atoms with Crippen molar-refractivity contribution in [1.82, 2.24) is 15.0 Å². The van der Waals surface area contributed by atoms with E-state index in [2.05, 4.69) is 16.4 Å². The molecule has 0 unspecified atom stereocenters. The molecule has 2 heterocycles. The molecular formula is C8H10N4S. The summed E-state index contributed by atoms with van der Waals surface area (Å²) >= 11 is 1.65. The standard InChI is InChI=1S/C8H10N4S/c1-12-4-8(10-11-12)6-2-7(3-9)13-5-6/h2,4-5H,3,9H2,1H3. The SMILES string of the molecule is Cn1cc(-c2csc(CN)c2)nn1. The summed E-state index contributed by atoms with van der Waals surface area (Å²) in [6.07, 6.45) is 1.89. The van der Waals surface area contributed by atoms with Crippen molar-refractivity contribution < 1.29 is 0 Å². The molecule has 4 nitrogen and oxygen atoms in total. The maximum Gasteiger partial charge on any atom is 0.113 e. The van der Waals surface area contributed by atoms with E-state index in [0.29, 0.717) is 6.54 Å². The molecule has 2 aromatic rings. The molecule has 0 aliphatic carbocycles. The number of thiophene rings is 1. The number of rotatable bonds is 2.